The third-order valence-electron chi connectivity index (χ3n) is 2.79. The predicted octanol–water partition coefficient (Wildman–Crippen LogP) is 1.09. The number of aliphatic hydroxyl groups is 1. The molecule has 0 aliphatic heterocycles. The number of hydrogen-bond donors (Lipinski definition) is 3. The molecular formula is C14H24N2O. The number of hydrogen-bond acceptors (Lipinski definition) is 3. The quantitative estimate of drug-likeness (QED) is 0.592. The highest BCUT2D eigenvalue weighted by Crippen LogP contribution is 2.06. The highest BCUT2D eigenvalue weighted by Gasteiger charge is 1.99. The Morgan fingerprint density at radius 3 is 2.29 bits per heavy atom. The topological polar surface area (TPSA) is 58.3 Å². The van der Waals surface area contributed by atoms with Gasteiger partial charge in [-0.2, -0.15) is 0 Å². The van der Waals surface area contributed by atoms with Gasteiger partial charge in [-0.25, -0.2) is 0 Å². The van der Waals surface area contributed by atoms with E-state index in [0.717, 1.165) is 19.4 Å². The van der Waals surface area contributed by atoms with E-state index in [0.29, 0.717) is 6.54 Å². The molecule has 0 bridgehead atoms. The first kappa shape index (κ1) is 14.2. The van der Waals surface area contributed by atoms with Gasteiger partial charge in [0.05, 0.1) is 6.61 Å². The first-order valence-corrected chi connectivity index (χ1v) is 6.41. The van der Waals surface area contributed by atoms with Crippen molar-refractivity contribution in [2.24, 2.45) is 5.73 Å². The molecule has 0 saturated carbocycles. The van der Waals surface area contributed by atoms with Gasteiger partial charge in [-0.1, -0.05) is 37.6 Å². The molecule has 0 aromatic heterocycles. The molecule has 3 heteroatoms. The lowest BCUT2D eigenvalue weighted by Gasteiger charge is -2.09. The Kier molecular flexibility index (Phi) is 6.86. The van der Waals surface area contributed by atoms with Crippen LogP contribution in [-0.4, -0.2) is 30.8 Å². The Morgan fingerprint density at radius 2 is 1.76 bits per heavy atom. The Balaban J connectivity index is 2.23. The van der Waals surface area contributed by atoms with Crippen LogP contribution < -0.4 is 11.1 Å². The van der Waals surface area contributed by atoms with Crippen molar-refractivity contribution in [2.75, 3.05) is 19.7 Å². The summed E-state index contributed by atoms with van der Waals surface area (Å²) in [7, 11) is 0. The molecule has 1 atom stereocenters. The van der Waals surface area contributed by atoms with Gasteiger partial charge in [0.2, 0.25) is 0 Å². The van der Waals surface area contributed by atoms with Gasteiger partial charge in [-0.05, 0) is 30.5 Å². The van der Waals surface area contributed by atoms with Crippen LogP contribution in [0.15, 0.2) is 24.3 Å². The Labute approximate surface area is 104 Å². The lowest BCUT2D eigenvalue weighted by Crippen LogP contribution is -2.37. The predicted molar refractivity (Wildman–Crippen MR) is 72.1 cm³/mol. The summed E-state index contributed by atoms with van der Waals surface area (Å²) in [5.41, 5.74) is 8.34. The van der Waals surface area contributed by atoms with Crippen LogP contribution in [0.4, 0.5) is 0 Å². The highest BCUT2D eigenvalue weighted by atomic mass is 16.3. The van der Waals surface area contributed by atoms with Crippen LogP contribution in [0.2, 0.25) is 0 Å². The molecule has 0 heterocycles. The summed E-state index contributed by atoms with van der Waals surface area (Å²) in [6.07, 6.45) is 3.36. The van der Waals surface area contributed by atoms with Crippen LogP contribution in [0, 0.1) is 0 Å². The number of benzene rings is 1. The smallest absolute Gasteiger partial charge is 0.0594 e. The van der Waals surface area contributed by atoms with E-state index in [9.17, 15) is 0 Å². The van der Waals surface area contributed by atoms with Crippen molar-refractivity contribution < 1.29 is 5.11 Å². The minimum absolute atomic E-state index is 0.0404. The third kappa shape index (κ3) is 5.82. The second-order valence-corrected chi connectivity index (χ2v) is 4.46. The van der Waals surface area contributed by atoms with E-state index in [4.69, 9.17) is 10.8 Å². The molecule has 0 aliphatic carbocycles. The van der Waals surface area contributed by atoms with Crippen molar-refractivity contribution in [3.8, 4) is 0 Å². The molecule has 0 radical (unpaired) electrons. The van der Waals surface area contributed by atoms with E-state index < -0.39 is 0 Å². The van der Waals surface area contributed by atoms with Crippen LogP contribution in [0.3, 0.4) is 0 Å². The van der Waals surface area contributed by atoms with Gasteiger partial charge < -0.3 is 16.2 Å². The molecule has 0 spiro atoms. The fourth-order valence-corrected chi connectivity index (χ4v) is 1.75. The summed E-state index contributed by atoms with van der Waals surface area (Å²) in [4.78, 5) is 0. The molecule has 1 aromatic rings. The number of nitrogens with two attached hydrogens (primary N) is 1. The molecule has 4 N–H and O–H groups in total. The fraction of sp³-hybridized carbons (Fsp3) is 0.571. The summed E-state index contributed by atoms with van der Waals surface area (Å²) >= 11 is 0. The maximum atomic E-state index is 8.77. The van der Waals surface area contributed by atoms with Crippen molar-refractivity contribution in [1.82, 2.24) is 5.32 Å². The lowest BCUT2D eigenvalue weighted by molar-refractivity contribution is 0.262. The maximum absolute atomic E-state index is 8.77. The average Bonchev–Trinajstić information content (AvgIpc) is 2.36. The third-order valence-corrected chi connectivity index (χ3v) is 2.79. The zero-order valence-corrected chi connectivity index (χ0v) is 10.7. The van der Waals surface area contributed by atoms with Crippen LogP contribution in [0.1, 0.15) is 24.5 Å². The summed E-state index contributed by atoms with van der Waals surface area (Å²) in [6.45, 7) is 3.81. The van der Waals surface area contributed by atoms with E-state index >= 15 is 0 Å². The second kappa shape index (κ2) is 8.23. The zero-order valence-electron chi connectivity index (χ0n) is 10.7. The van der Waals surface area contributed by atoms with Crippen LogP contribution in [0.5, 0.6) is 0 Å². The first-order chi connectivity index (χ1) is 8.26. The van der Waals surface area contributed by atoms with E-state index in [1.165, 1.54) is 17.5 Å². The Morgan fingerprint density at radius 1 is 1.18 bits per heavy atom. The number of rotatable bonds is 8. The molecule has 96 valence electrons. The van der Waals surface area contributed by atoms with Gasteiger partial charge >= 0.3 is 0 Å². The van der Waals surface area contributed by atoms with Gasteiger partial charge in [-0.3, -0.25) is 0 Å². The van der Waals surface area contributed by atoms with E-state index in [-0.39, 0.29) is 12.6 Å². The molecule has 0 saturated heterocycles. The average molecular weight is 236 g/mol. The molecule has 0 amide bonds. The normalized spacial score (nSPS) is 12.6. The van der Waals surface area contributed by atoms with Gasteiger partial charge in [0.1, 0.15) is 0 Å². The van der Waals surface area contributed by atoms with E-state index in [1.54, 1.807) is 0 Å². The number of nitrogens with one attached hydrogen (secondary N) is 1. The van der Waals surface area contributed by atoms with Crippen LogP contribution in [-0.2, 0) is 12.8 Å². The van der Waals surface area contributed by atoms with Crippen LogP contribution >= 0.6 is 0 Å². The molecule has 0 fully saturated rings. The number of aliphatic hydroxyl groups excluding tert-OH is 1. The monoisotopic (exact) mass is 236 g/mol. The number of aryl methyl sites for hydroxylation is 1. The van der Waals surface area contributed by atoms with Crippen molar-refractivity contribution >= 4 is 0 Å². The van der Waals surface area contributed by atoms with Crippen molar-refractivity contribution in [3.63, 3.8) is 0 Å². The van der Waals surface area contributed by atoms with Crippen molar-refractivity contribution in [1.29, 1.82) is 0 Å². The van der Waals surface area contributed by atoms with Crippen LogP contribution in [0.25, 0.3) is 0 Å². The zero-order chi connectivity index (χ0) is 12.5. The fourth-order valence-electron chi connectivity index (χ4n) is 1.75. The summed E-state index contributed by atoms with van der Waals surface area (Å²) in [5, 5.41) is 12.0. The van der Waals surface area contributed by atoms with E-state index in [2.05, 4.69) is 36.5 Å². The molecule has 1 aromatic carbocycles. The van der Waals surface area contributed by atoms with Gasteiger partial charge in [0.25, 0.3) is 0 Å². The van der Waals surface area contributed by atoms with E-state index in [1.807, 2.05) is 0 Å². The molecule has 0 aliphatic rings. The first-order valence-electron chi connectivity index (χ1n) is 6.41. The van der Waals surface area contributed by atoms with Gasteiger partial charge in [-0.15, -0.1) is 0 Å². The van der Waals surface area contributed by atoms with Crippen molar-refractivity contribution in [2.45, 2.75) is 32.2 Å². The highest BCUT2D eigenvalue weighted by molar-refractivity contribution is 5.22. The van der Waals surface area contributed by atoms with Crippen molar-refractivity contribution in [3.05, 3.63) is 35.4 Å². The Bertz CT molecular complexity index is 298. The molecule has 1 rings (SSSR count). The van der Waals surface area contributed by atoms with Gasteiger partial charge in [0, 0.05) is 12.6 Å². The minimum atomic E-state index is -0.151. The van der Waals surface area contributed by atoms with Gasteiger partial charge in [0.15, 0.2) is 0 Å². The summed E-state index contributed by atoms with van der Waals surface area (Å²) < 4.78 is 0. The standard InChI is InChI=1S/C14H24N2O/c1-2-3-12-4-6-13(7-5-12)8-9-16-10-14(15)11-17/h4-7,14,16-17H,2-3,8-11,15H2,1H3. The molecule has 1 unspecified atom stereocenters. The molecule has 3 nitrogen and oxygen atoms in total. The summed E-state index contributed by atoms with van der Waals surface area (Å²) in [5.74, 6) is 0. The lowest BCUT2D eigenvalue weighted by atomic mass is 10.1. The minimum Gasteiger partial charge on any atom is -0.395 e. The molecule has 17 heavy (non-hydrogen) atoms. The summed E-state index contributed by atoms with van der Waals surface area (Å²) in [6, 6.07) is 8.65. The Hall–Kier alpha value is -0.900. The maximum Gasteiger partial charge on any atom is 0.0594 e. The largest absolute Gasteiger partial charge is 0.395 e. The SMILES string of the molecule is CCCc1ccc(CCNCC(N)CO)cc1. The molecular weight excluding hydrogens is 212 g/mol. The second-order valence-electron chi connectivity index (χ2n) is 4.46.